The predicted octanol–water partition coefficient (Wildman–Crippen LogP) is 4.12. The third-order valence-corrected chi connectivity index (χ3v) is 4.99. The Kier molecular flexibility index (Phi) is 4.09. The number of benzene rings is 1. The van der Waals surface area contributed by atoms with Crippen LogP contribution in [0.1, 0.15) is 22.4 Å². The van der Waals surface area contributed by atoms with Crippen LogP contribution in [-0.2, 0) is 0 Å². The second-order valence-electron chi connectivity index (χ2n) is 4.92. The number of hydrogen-bond donors (Lipinski definition) is 2. The van der Waals surface area contributed by atoms with Gasteiger partial charge in [-0.2, -0.15) is 5.10 Å². The monoisotopic (exact) mass is 337 g/mol. The minimum atomic E-state index is 0.881. The molecule has 1 heterocycles. The van der Waals surface area contributed by atoms with Gasteiger partial charge in [0.15, 0.2) is 0 Å². The van der Waals surface area contributed by atoms with E-state index in [2.05, 4.69) is 52.2 Å². The maximum atomic E-state index is 5.65. The van der Waals surface area contributed by atoms with Gasteiger partial charge in [0.05, 0.1) is 24.1 Å². The van der Waals surface area contributed by atoms with Crippen molar-refractivity contribution in [1.29, 1.82) is 0 Å². The minimum absolute atomic E-state index is 0.881. The number of halogens is 1. The fraction of sp³-hybridized carbons (Fsp3) is 0.400. The first-order valence-corrected chi connectivity index (χ1v) is 7.29. The van der Waals surface area contributed by atoms with Gasteiger partial charge in [-0.1, -0.05) is 15.9 Å². The molecule has 0 saturated carbocycles. The van der Waals surface area contributed by atoms with E-state index >= 15 is 0 Å². The largest absolute Gasteiger partial charge is 0.496 e. The molecule has 2 rings (SSSR count). The first kappa shape index (κ1) is 14.9. The van der Waals surface area contributed by atoms with Gasteiger partial charge in [-0.05, 0) is 44.4 Å². The lowest BCUT2D eigenvalue weighted by atomic mass is 9.96. The molecule has 2 N–H and O–H groups in total. The highest BCUT2D eigenvalue weighted by molar-refractivity contribution is 9.10. The maximum Gasteiger partial charge on any atom is 0.131 e. The molecule has 20 heavy (non-hydrogen) atoms. The summed E-state index contributed by atoms with van der Waals surface area (Å²) in [5.74, 6) is 0.881. The van der Waals surface area contributed by atoms with E-state index in [-0.39, 0.29) is 0 Å². The van der Waals surface area contributed by atoms with Crippen LogP contribution in [-0.4, -0.2) is 24.4 Å². The van der Waals surface area contributed by atoms with Crippen molar-refractivity contribution in [2.45, 2.75) is 27.7 Å². The molecule has 1 aromatic heterocycles. The zero-order chi connectivity index (χ0) is 15.0. The van der Waals surface area contributed by atoms with Crippen molar-refractivity contribution in [3.8, 4) is 17.0 Å². The second-order valence-corrected chi connectivity index (χ2v) is 5.71. The van der Waals surface area contributed by atoms with Crippen LogP contribution in [0.25, 0.3) is 11.3 Å². The quantitative estimate of drug-likeness (QED) is 0.885. The normalized spacial score (nSPS) is 10.8. The fourth-order valence-corrected chi connectivity index (χ4v) is 3.04. The van der Waals surface area contributed by atoms with E-state index in [1.54, 1.807) is 7.11 Å². The Bertz CT molecular complexity index is 662. The van der Waals surface area contributed by atoms with Gasteiger partial charge >= 0.3 is 0 Å². The van der Waals surface area contributed by atoms with Crippen molar-refractivity contribution >= 4 is 21.6 Å². The minimum Gasteiger partial charge on any atom is -0.496 e. The van der Waals surface area contributed by atoms with Crippen LogP contribution in [0.2, 0.25) is 0 Å². The van der Waals surface area contributed by atoms with Crippen LogP contribution in [0, 0.1) is 27.7 Å². The van der Waals surface area contributed by atoms with Crippen molar-refractivity contribution in [3.63, 3.8) is 0 Å². The topological polar surface area (TPSA) is 49.9 Å². The van der Waals surface area contributed by atoms with Crippen LogP contribution in [0.15, 0.2) is 4.47 Å². The summed E-state index contributed by atoms with van der Waals surface area (Å²) in [5, 5.41) is 10.7. The van der Waals surface area contributed by atoms with E-state index in [0.717, 1.165) is 44.0 Å². The van der Waals surface area contributed by atoms with Gasteiger partial charge in [0.25, 0.3) is 0 Å². The summed E-state index contributed by atoms with van der Waals surface area (Å²) in [5.41, 5.74) is 7.39. The van der Waals surface area contributed by atoms with Crippen LogP contribution >= 0.6 is 15.9 Å². The van der Waals surface area contributed by atoms with Gasteiger partial charge in [-0.15, -0.1) is 0 Å². The first-order chi connectivity index (χ1) is 9.43. The number of aromatic nitrogens is 2. The van der Waals surface area contributed by atoms with Crippen LogP contribution < -0.4 is 10.1 Å². The average Bonchev–Trinajstić information content (AvgIpc) is 2.80. The van der Waals surface area contributed by atoms with Gasteiger partial charge in [0, 0.05) is 11.5 Å². The second kappa shape index (κ2) is 5.48. The molecule has 108 valence electrons. The van der Waals surface area contributed by atoms with E-state index in [0.29, 0.717) is 0 Å². The molecule has 4 nitrogen and oxygen atoms in total. The number of aromatic amines is 1. The van der Waals surface area contributed by atoms with E-state index < -0.39 is 0 Å². The lowest BCUT2D eigenvalue weighted by Gasteiger charge is -2.18. The Morgan fingerprint density at radius 3 is 2.30 bits per heavy atom. The Morgan fingerprint density at radius 1 is 1.10 bits per heavy atom. The molecule has 0 spiro atoms. The number of nitrogens with zero attached hydrogens (tertiary/aromatic N) is 1. The zero-order valence-corrected chi connectivity index (χ0v) is 14.3. The highest BCUT2D eigenvalue weighted by Crippen LogP contribution is 2.44. The molecule has 0 radical (unpaired) electrons. The third-order valence-electron chi connectivity index (χ3n) is 3.80. The van der Waals surface area contributed by atoms with Crippen molar-refractivity contribution < 1.29 is 4.74 Å². The summed E-state index contributed by atoms with van der Waals surface area (Å²) in [4.78, 5) is 0. The smallest absolute Gasteiger partial charge is 0.131 e. The van der Waals surface area contributed by atoms with E-state index in [1.807, 2.05) is 14.0 Å². The molecule has 0 aliphatic rings. The predicted molar refractivity (Wildman–Crippen MR) is 86.8 cm³/mol. The Morgan fingerprint density at radius 2 is 1.75 bits per heavy atom. The van der Waals surface area contributed by atoms with Gasteiger partial charge in [0.1, 0.15) is 11.4 Å². The summed E-state index contributed by atoms with van der Waals surface area (Å²) < 4.78 is 6.76. The number of H-pyrrole nitrogens is 1. The van der Waals surface area contributed by atoms with Gasteiger partial charge in [-0.3, -0.25) is 5.10 Å². The number of methoxy groups -OCH3 is 1. The maximum absolute atomic E-state index is 5.65. The number of nitrogens with one attached hydrogen (secondary N) is 2. The van der Waals surface area contributed by atoms with Crippen molar-refractivity contribution in [3.05, 3.63) is 26.9 Å². The van der Waals surface area contributed by atoms with Crippen LogP contribution in [0.3, 0.4) is 0 Å². The van der Waals surface area contributed by atoms with E-state index in [1.165, 1.54) is 5.56 Å². The fourth-order valence-electron chi connectivity index (χ4n) is 2.54. The van der Waals surface area contributed by atoms with Crippen molar-refractivity contribution in [1.82, 2.24) is 10.2 Å². The molecule has 0 amide bonds. The number of rotatable bonds is 3. The molecule has 0 atom stereocenters. The summed E-state index contributed by atoms with van der Waals surface area (Å²) in [6.07, 6.45) is 0. The van der Waals surface area contributed by atoms with E-state index in [9.17, 15) is 0 Å². The van der Waals surface area contributed by atoms with Crippen LogP contribution in [0.5, 0.6) is 5.75 Å². The number of anilines is 1. The number of aryl methyl sites for hydroxylation is 1. The number of hydrogen-bond acceptors (Lipinski definition) is 3. The molecule has 0 saturated heterocycles. The molecular formula is C15H20BrN3O. The molecule has 2 aromatic rings. The first-order valence-electron chi connectivity index (χ1n) is 6.50. The summed E-state index contributed by atoms with van der Waals surface area (Å²) >= 11 is 3.68. The highest BCUT2D eigenvalue weighted by Gasteiger charge is 2.22. The standard InChI is InChI=1S/C15H20BrN3O/c1-7-8(2)15(20-6)11(9(3)12(7)16)14-13(17-5)10(4)18-19-14/h17H,1-6H3,(H,18,19). The molecule has 0 unspecified atom stereocenters. The average molecular weight is 338 g/mol. The number of ether oxygens (including phenoxy) is 1. The Hall–Kier alpha value is -1.49. The summed E-state index contributed by atoms with van der Waals surface area (Å²) in [7, 11) is 3.61. The molecular weight excluding hydrogens is 318 g/mol. The Labute approximate surface area is 128 Å². The van der Waals surface area contributed by atoms with Gasteiger partial charge in [-0.25, -0.2) is 0 Å². The molecule has 0 fully saturated rings. The van der Waals surface area contributed by atoms with Crippen molar-refractivity contribution in [2.24, 2.45) is 0 Å². The lowest BCUT2D eigenvalue weighted by molar-refractivity contribution is 0.412. The molecule has 1 aromatic carbocycles. The van der Waals surface area contributed by atoms with Gasteiger partial charge < -0.3 is 10.1 Å². The Balaban J connectivity index is 2.86. The highest BCUT2D eigenvalue weighted by atomic mass is 79.9. The van der Waals surface area contributed by atoms with Crippen LogP contribution in [0.4, 0.5) is 5.69 Å². The summed E-state index contributed by atoms with van der Waals surface area (Å²) in [6, 6.07) is 0. The molecule has 0 aliphatic carbocycles. The molecule has 0 bridgehead atoms. The van der Waals surface area contributed by atoms with Crippen molar-refractivity contribution in [2.75, 3.05) is 19.5 Å². The molecule has 5 heteroatoms. The molecule has 0 aliphatic heterocycles. The van der Waals surface area contributed by atoms with E-state index in [4.69, 9.17) is 4.74 Å². The van der Waals surface area contributed by atoms with Gasteiger partial charge in [0.2, 0.25) is 0 Å². The zero-order valence-electron chi connectivity index (χ0n) is 12.7. The summed E-state index contributed by atoms with van der Waals surface area (Å²) in [6.45, 7) is 8.24. The lowest BCUT2D eigenvalue weighted by Crippen LogP contribution is -2.01. The third kappa shape index (κ3) is 2.10. The SMILES string of the molecule is CNc1c(-c2c(C)c(Br)c(C)c(C)c2OC)n[nH]c1C.